The van der Waals surface area contributed by atoms with E-state index >= 15 is 0 Å². The Kier molecular flexibility index (Phi) is 4.95. The molecule has 0 aliphatic heterocycles. The van der Waals surface area contributed by atoms with Crippen LogP contribution in [-0.4, -0.2) is 26.6 Å². The van der Waals surface area contributed by atoms with Crippen LogP contribution >= 0.6 is 0 Å². The zero-order valence-electron chi connectivity index (χ0n) is 5.22. The summed E-state index contributed by atoms with van der Waals surface area (Å²) in [6, 6.07) is 0. The van der Waals surface area contributed by atoms with Crippen LogP contribution < -0.4 is 0 Å². The van der Waals surface area contributed by atoms with Gasteiger partial charge in [-0.25, -0.2) is 0 Å². The van der Waals surface area contributed by atoms with Crippen molar-refractivity contribution in [3.8, 4) is 0 Å². The number of hydrogen-bond acceptors (Lipinski definition) is 2. The molecule has 0 heterocycles. The molecule has 0 bridgehead atoms. The average Bonchev–Trinajstić information content (AvgIpc) is 1.68. The number of ether oxygens (including phenoxy) is 2. The Labute approximate surface area is 49.2 Å². The van der Waals surface area contributed by atoms with Gasteiger partial charge in [-0.3, -0.25) is 0 Å². The third-order valence-electron chi connectivity index (χ3n) is 0.655. The molecule has 1 unspecified atom stereocenters. The SMILES string of the molecule is CCOC([O])COC. The Morgan fingerprint density at radius 3 is 2.62 bits per heavy atom. The highest BCUT2D eigenvalue weighted by Crippen LogP contribution is 1.85. The second kappa shape index (κ2) is 5.03. The topological polar surface area (TPSA) is 38.4 Å². The van der Waals surface area contributed by atoms with E-state index < -0.39 is 6.29 Å². The van der Waals surface area contributed by atoms with Crippen LogP contribution in [0.1, 0.15) is 6.92 Å². The first-order valence-electron chi connectivity index (χ1n) is 2.57. The maximum atomic E-state index is 10.4. The van der Waals surface area contributed by atoms with Crippen molar-refractivity contribution < 1.29 is 14.6 Å². The normalized spacial score (nSPS) is 13.9. The molecule has 0 aliphatic rings. The average molecular weight is 119 g/mol. The Morgan fingerprint density at radius 2 is 2.25 bits per heavy atom. The van der Waals surface area contributed by atoms with Crippen LogP contribution in [0.25, 0.3) is 0 Å². The molecule has 0 aromatic heterocycles. The Morgan fingerprint density at radius 1 is 1.62 bits per heavy atom. The maximum Gasteiger partial charge on any atom is 0.214 e. The van der Waals surface area contributed by atoms with Crippen LogP contribution in [0.4, 0.5) is 0 Å². The van der Waals surface area contributed by atoms with Crippen molar-refractivity contribution in [3.63, 3.8) is 0 Å². The minimum atomic E-state index is -1.01. The van der Waals surface area contributed by atoms with Crippen molar-refractivity contribution in [2.45, 2.75) is 13.2 Å². The summed E-state index contributed by atoms with van der Waals surface area (Å²) >= 11 is 0. The van der Waals surface area contributed by atoms with Gasteiger partial charge in [0.1, 0.15) is 6.61 Å². The van der Waals surface area contributed by atoms with Gasteiger partial charge in [0.2, 0.25) is 6.29 Å². The van der Waals surface area contributed by atoms with Gasteiger partial charge in [0, 0.05) is 13.7 Å². The molecule has 3 heteroatoms. The molecular formula is C5H11O3. The molecule has 0 rings (SSSR count). The Balaban J connectivity index is 2.92. The summed E-state index contributed by atoms with van der Waals surface area (Å²) in [4.78, 5) is 0. The highest BCUT2D eigenvalue weighted by molar-refractivity contribution is 4.31. The Hall–Kier alpha value is -0.120. The first kappa shape index (κ1) is 7.88. The van der Waals surface area contributed by atoms with Crippen molar-refractivity contribution in [1.82, 2.24) is 0 Å². The first-order chi connectivity index (χ1) is 3.81. The molecular weight excluding hydrogens is 108 g/mol. The monoisotopic (exact) mass is 119 g/mol. The molecule has 0 saturated heterocycles. The zero-order chi connectivity index (χ0) is 6.41. The zero-order valence-corrected chi connectivity index (χ0v) is 5.22. The van der Waals surface area contributed by atoms with E-state index in [4.69, 9.17) is 0 Å². The van der Waals surface area contributed by atoms with Crippen LogP contribution in [0.15, 0.2) is 0 Å². The smallest absolute Gasteiger partial charge is 0.214 e. The third kappa shape index (κ3) is 4.05. The largest absolute Gasteiger partial charge is 0.379 e. The molecule has 49 valence electrons. The lowest BCUT2D eigenvalue weighted by Gasteiger charge is -2.04. The van der Waals surface area contributed by atoms with Crippen LogP contribution in [0.3, 0.4) is 0 Å². The second-order valence-electron chi connectivity index (χ2n) is 1.34. The van der Waals surface area contributed by atoms with Gasteiger partial charge in [0.25, 0.3) is 0 Å². The predicted molar refractivity (Wildman–Crippen MR) is 28.0 cm³/mol. The molecule has 8 heavy (non-hydrogen) atoms. The standard InChI is InChI=1S/C5H11O3/c1-3-8-5(6)4-7-2/h5H,3-4H2,1-2H3. The summed E-state index contributed by atoms with van der Waals surface area (Å²) < 4.78 is 9.12. The minimum Gasteiger partial charge on any atom is -0.379 e. The lowest BCUT2D eigenvalue weighted by atomic mass is 10.7. The van der Waals surface area contributed by atoms with Gasteiger partial charge in [-0.2, -0.15) is 5.11 Å². The summed E-state index contributed by atoms with van der Waals surface area (Å²) in [5, 5.41) is 10.4. The van der Waals surface area contributed by atoms with Gasteiger partial charge < -0.3 is 9.47 Å². The van der Waals surface area contributed by atoms with Gasteiger partial charge in [-0.05, 0) is 6.92 Å². The van der Waals surface area contributed by atoms with E-state index in [0.29, 0.717) is 6.61 Å². The predicted octanol–water partition coefficient (Wildman–Crippen LogP) is 0.426. The van der Waals surface area contributed by atoms with Gasteiger partial charge >= 0.3 is 0 Å². The molecule has 1 radical (unpaired) electrons. The van der Waals surface area contributed by atoms with E-state index in [2.05, 4.69) is 9.47 Å². The van der Waals surface area contributed by atoms with Gasteiger partial charge in [0.15, 0.2) is 0 Å². The molecule has 0 aliphatic carbocycles. The molecule has 0 spiro atoms. The number of hydrogen-bond donors (Lipinski definition) is 0. The quantitative estimate of drug-likeness (QED) is 0.503. The lowest BCUT2D eigenvalue weighted by Crippen LogP contribution is -2.15. The van der Waals surface area contributed by atoms with Crippen LogP contribution in [0.5, 0.6) is 0 Å². The highest BCUT2D eigenvalue weighted by Gasteiger charge is 2.00. The van der Waals surface area contributed by atoms with Gasteiger partial charge in [-0.1, -0.05) is 0 Å². The fourth-order valence-corrected chi connectivity index (χ4v) is 0.370. The van der Waals surface area contributed by atoms with Crippen molar-refractivity contribution >= 4 is 0 Å². The van der Waals surface area contributed by atoms with Gasteiger partial charge in [-0.15, -0.1) is 0 Å². The van der Waals surface area contributed by atoms with Crippen molar-refractivity contribution in [1.29, 1.82) is 0 Å². The van der Waals surface area contributed by atoms with E-state index in [1.807, 2.05) is 0 Å². The molecule has 0 saturated carbocycles. The van der Waals surface area contributed by atoms with Crippen LogP contribution in [-0.2, 0) is 14.6 Å². The minimum absolute atomic E-state index is 0.133. The van der Waals surface area contributed by atoms with E-state index in [1.165, 1.54) is 7.11 Å². The van der Waals surface area contributed by atoms with Crippen molar-refractivity contribution in [2.24, 2.45) is 0 Å². The van der Waals surface area contributed by atoms with E-state index in [0.717, 1.165) is 0 Å². The van der Waals surface area contributed by atoms with E-state index in [-0.39, 0.29) is 6.61 Å². The molecule has 0 aromatic carbocycles. The molecule has 0 amide bonds. The summed E-state index contributed by atoms with van der Waals surface area (Å²) in [6.07, 6.45) is -1.01. The summed E-state index contributed by atoms with van der Waals surface area (Å²) in [5.41, 5.74) is 0. The van der Waals surface area contributed by atoms with Crippen molar-refractivity contribution in [3.05, 3.63) is 0 Å². The van der Waals surface area contributed by atoms with Crippen LogP contribution in [0, 0.1) is 0 Å². The molecule has 1 atom stereocenters. The number of rotatable bonds is 4. The van der Waals surface area contributed by atoms with E-state index in [1.54, 1.807) is 6.92 Å². The van der Waals surface area contributed by atoms with Crippen LogP contribution in [0.2, 0.25) is 0 Å². The Bertz CT molecular complexity index is 40.9. The second-order valence-corrected chi connectivity index (χ2v) is 1.34. The maximum absolute atomic E-state index is 10.4. The summed E-state index contributed by atoms with van der Waals surface area (Å²) in [7, 11) is 1.48. The fourth-order valence-electron chi connectivity index (χ4n) is 0.370. The summed E-state index contributed by atoms with van der Waals surface area (Å²) in [6.45, 7) is 2.37. The third-order valence-corrected chi connectivity index (χ3v) is 0.655. The molecule has 3 nitrogen and oxygen atoms in total. The molecule has 0 aromatic rings. The fraction of sp³-hybridized carbons (Fsp3) is 1.00. The highest BCUT2D eigenvalue weighted by atomic mass is 16.6. The molecule has 0 fully saturated rings. The van der Waals surface area contributed by atoms with E-state index in [9.17, 15) is 5.11 Å². The van der Waals surface area contributed by atoms with Crippen molar-refractivity contribution in [2.75, 3.05) is 20.3 Å². The van der Waals surface area contributed by atoms with Gasteiger partial charge in [0.05, 0.1) is 0 Å². The molecule has 0 N–H and O–H groups in total. The first-order valence-corrected chi connectivity index (χ1v) is 2.57. The summed E-state index contributed by atoms with van der Waals surface area (Å²) in [5.74, 6) is 0. The number of methoxy groups -OCH3 is 1. The lowest BCUT2D eigenvalue weighted by molar-refractivity contribution is -0.163.